The molecule has 1 N–H and O–H groups in total. The van der Waals surface area contributed by atoms with E-state index in [4.69, 9.17) is 16.7 Å². The summed E-state index contributed by atoms with van der Waals surface area (Å²) in [5, 5.41) is 9.88. The van der Waals surface area contributed by atoms with Crippen LogP contribution in [0.2, 0.25) is 5.02 Å². The van der Waals surface area contributed by atoms with E-state index < -0.39 is 0 Å². The van der Waals surface area contributed by atoms with Crippen LogP contribution in [0.4, 0.5) is 5.69 Å². The summed E-state index contributed by atoms with van der Waals surface area (Å²) >= 11 is 5.90. The highest BCUT2D eigenvalue weighted by Gasteiger charge is 2.12. The second-order valence-electron chi connectivity index (χ2n) is 4.50. The molecule has 3 nitrogen and oxygen atoms in total. The molecule has 1 heterocycles. The van der Waals surface area contributed by atoms with E-state index in [1.54, 1.807) is 6.20 Å². The maximum atomic E-state index is 9.13. The normalized spacial score (nSPS) is 12.2. The first kappa shape index (κ1) is 13.8. The average Bonchev–Trinajstić information content (AvgIpc) is 2.46. The highest BCUT2D eigenvalue weighted by Crippen LogP contribution is 2.26. The molecule has 0 amide bonds. The summed E-state index contributed by atoms with van der Waals surface area (Å²) in [4.78, 5) is 6.23. The SMILES string of the molecule is CC(c1ccc(Cl)cc1)N(C)c1ccnc(CO)c1. The van der Waals surface area contributed by atoms with Gasteiger partial charge in [0.2, 0.25) is 0 Å². The van der Waals surface area contributed by atoms with Crippen molar-refractivity contribution in [3.63, 3.8) is 0 Å². The van der Waals surface area contributed by atoms with Crippen LogP contribution in [0.15, 0.2) is 42.6 Å². The van der Waals surface area contributed by atoms with Gasteiger partial charge >= 0.3 is 0 Å². The molecule has 0 saturated carbocycles. The smallest absolute Gasteiger partial charge is 0.0853 e. The number of aromatic nitrogens is 1. The lowest BCUT2D eigenvalue weighted by Gasteiger charge is -2.27. The Balaban J connectivity index is 2.22. The molecule has 0 fully saturated rings. The van der Waals surface area contributed by atoms with E-state index in [0.29, 0.717) is 5.69 Å². The van der Waals surface area contributed by atoms with Crippen LogP contribution in [0.5, 0.6) is 0 Å². The third-order valence-electron chi connectivity index (χ3n) is 3.30. The third-order valence-corrected chi connectivity index (χ3v) is 3.55. The van der Waals surface area contributed by atoms with Crippen LogP contribution in [0.3, 0.4) is 0 Å². The van der Waals surface area contributed by atoms with E-state index in [1.165, 1.54) is 5.56 Å². The molecule has 1 aromatic heterocycles. The van der Waals surface area contributed by atoms with E-state index in [1.807, 2.05) is 43.4 Å². The number of hydrogen-bond donors (Lipinski definition) is 1. The van der Waals surface area contributed by atoms with Gasteiger partial charge in [0.1, 0.15) is 0 Å². The molecule has 100 valence electrons. The van der Waals surface area contributed by atoms with Gasteiger partial charge in [0, 0.05) is 24.0 Å². The maximum Gasteiger partial charge on any atom is 0.0853 e. The number of aliphatic hydroxyl groups is 1. The molecule has 0 aliphatic carbocycles. The molecule has 0 aliphatic heterocycles. The molecule has 1 unspecified atom stereocenters. The Kier molecular flexibility index (Phi) is 4.40. The lowest BCUT2D eigenvalue weighted by atomic mass is 10.1. The highest BCUT2D eigenvalue weighted by molar-refractivity contribution is 6.30. The van der Waals surface area contributed by atoms with Crippen molar-refractivity contribution in [2.75, 3.05) is 11.9 Å². The summed E-state index contributed by atoms with van der Waals surface area (Å²) in [6.45, 7) is 2.08. The number of nitrogens with zero attached hydrogens (tertiary/aromatic N) is 2. The van der Waals surface area contributed by atoms with Crippen molar-refractivity contribution in [2.45, 2.75) is 19.6 Å². The quantitative estimate of drug-likeness (QED) is 0.929. The van der Waals surface area contributed by atoms with Gasteiger partial charge in [-0.3, -0.25) is 4.98 Å². The molecule has 1 atom stereocenters. The predicted molar refractivity (Wildman–Crippen MR) is 78.4 cm³/mol. The average molecular weight is 277 g/mol. The second kappa shape index (κ2) is 6.04. The Morgan fingerprint density at radius 1 is 1.26 bits per heavy atom. The van der Waals surface area contributed by atoms with E-state index in [9.17, 15) is 0 Å². The van der Waals surface area contributed by atoms with Gasteiger partial charge < -0.3 is 10.0 Å². The standard InChI is InChI=1S/C15H17ClN2O/c1-11(12-3-5-13(16)6-4-12)18(2)15-7-8-17-14(9-15)10-19/h3-9,11,19H,10H2,1-2H3. The minimum absolute atomic E-state index is 0.0446. The van der Waals surface area contributed by atoms with Crippen LogP contribution in [-0.4, -0.2) is 17.1 Å². The fourth-order valence-electron chi connectivity index (χ4n) is 1.96. The Morgan fingerprint density at radius 3 is 2.58 bits per heavy atom. The first-order valence-electron chi connectivity index (χ1n) is 6.16. The van der Waals surface area contributed by atoms with Gasteiger partial charge in [-0.2, -0.15) is 0 Å². The van der Waals surface area contributed by atoms with Gasteiger partial charge in [0.15, 0.2) is 0 Å². The summed E-state index contributed by atoms with van der Waals surface area (Å²) < 4.78 is 0. The van der Waals surface area contributed by atoms with Crippen molar-refractivity contribution in [1.82, 2.24) is 4.98 Å². The van der Waals surface area contributed by atoms with Crippen LogP contribution in [-0.2, 0) is 6.61 Å². The highest BCUT2D eigenvalue weighted by atomic mass is 35.5. The number of aliphatic hydroxyl groups excluding tert-OH is 1. The van der Waals surface area contributed by atoms with Gasteiger partial charge in [-0.05, 0) is 36.8 Å². The monoisotopic (exact) mass is 276 g/mol. The van der Waals surface area contributed by atoms with Crippen LogP contribution in [0.1, 0.15) is 24.2 Å². The molecule has 0 saturated heterocycles. The molecule has 2 aromatic rings. The molecular formula is C15H17ClN2O. The van der Waals surface area contributed by atoms with Gasteiger partial charge in [0.25, 0.3) is 0 Å². The third kappa shape index (κ3) is 3.25. The molecule has 19 heavy (non-hydrogen) atoms. The van der Waals surface area contributed by atoms with E-state index in [0.717, 1.165) is 10.7 Å². The Hall–Kier alpha value is -1.58. The molecule has 0 spiro atoms. The lowest BCUT2D eigenvalue weighted by Crippen LogP contribution is -2.21. The van der Waals surface area contributed by atoms with Gasteiger partial charge in [-0.15, -0.1) is 0 Å². The zero-order valence-electron chi connectivity index (χ0n) is 11.0. The second-order valence-corrected chi connectivity index (χ2v) is 4.94. The molecular weight excluding hydrogens is 260 g/mol. The summed E-state index contributed by atoms with van der Waals surface area (Å²) in [6, 6.07) is 11.9. The molecule has 1 aromatic carbocycles. The molecule has 4 heteroatoms. The van der Waals surface area contributed by atoms with Crippen molar-refractivity contribution in [1.29, 1.82) is 0 Å². The summed E-state index contributed by atoms with van der Waals surface area (Å²) in [6.07, 6.45) is 1.71. The summed E-state index contributed by atoms with van der Waals surface area (Å²) in [5.74, 6) is 0. The predicted octanol–water partition coefficient (Wildman–Crippen LogP) is 3.42. The van der Waals surface area contributed by atoms with Gasteiger partial charge in [-0.1, -0.05) is 23.7 Å². The van der Waals surface area contributed by atoms with E-state index in [2.05, 4.69) is 16.8 Å². The minimum Gasteiger partial charge on any atom is -0.390 e. The van der Waals surface area contributed by atoms with E-state index in [-0.39, 0.29) is 12.6 Å². The zero-order valence-corrected chi connectivity index (χ0v) is 11.8. The first-order valence-corrected chi connectivity index (χ1v) is 6.53. The molecule has 2 rings (SSSR count). The Labute approximate surface area is 118 Å². The van der Waals surface area contributed by atoms with Crippen molar-refractivity contribution in [3.05, 3.63) is 58.9 Å². The van der Waals surface area contributed by atoms with Crippen LogP contribution < -0.4 is 4.90 Å². The summed E-state index contributed by atoms with van der Waals surface area (Å²) in [7, 11) is 2.02. The minimum atomic E-state index is -0.0446. The Bertz CT molecular complexity index is 542. The van der Waals surface area contributed by atoms with Crippen LogP contribution in [0, 0.1) is 0 Å². The number of anilines is 1. The number of benzene rings is 1. The fourth-order valence-corrected chi connectivity index (χ4v) is 2.09. The van der Waals surface area contributed by atoms with Gasteiger partial charge in [-0.25, -0.2) is 0 Å². The van der Waals surface area contributed by atoms with Crippen LogP contribution >= 0.6 is 11.6 Å². The van der Waals surface area contributed by atoms with Crippen molar-refractivity contribution < 1.29 is 5.11 Å². The Morgan fingerprint density at radius 2 is 1.95 bits per heavy atom. The van der Waals surface area contributed by atoms with Crippen LogP contribution in [0.25, 0.3) is 0 Å². The number of hydrogen-bond acceptors (Lipinski definition) is 3. The largest absolute Gasteiger partial charge is 0.390 e. The number of rotatable bonds is 4. The zero-order chi connectivity index (χ0) is 13.8. The topological polar surface area (TPSA) is 36.4 Å². The van der Waals surface area contributed by atoms with Crippen molar-refractivity contribution in [3.8, 4) is 0 Å². The van der Waals surface area contributed by atoms with Gasteiger partial charge in [0.05, 0.1) is 18.3 Å². The number of halogens is 1. The molecule has 0 aliphatic rings. The fraction of sp³-hybridized carbons (Fsp3) is 0.267. The van der Waals surface area contributed by atoms with Crippen molar-refractivity contribution >= 4 is 17.3 Å². The maximum absolute atomic E-state index is 9.13. The number of pyridine rings is 1. The van der Waals surface area contributed by atoms with Crippen molar-refractivity contribution in [2.24, 2.45) is 0 Å². The van der Waals surface area contributed by atoms with E-state index >= 15 is 0 Å². The lowest BCUT2D eigenvalue weighted by molar-refractivity contribution is 0.277. The summed E-state index contributed by atoms with van der Waals surface area (Å²) in [5.41, 5.74) is 2.89. The molecule has 0 radical (unpaired) electrons. The molecule has 0 bridgehead atoms. The first-order chi connectivity index (χ1) is 9.11.